The minimum Gasteiger partial charge on any atom is -0.377 e. The SMILES string of the molecule is CS(=O)(=O)N[C@@H]1CC2(CC2)N(Cc2ccccc2)[C@@H]1COC1CCC(c2ccccc2)CC1. The van der Waals surface area contributed by atoms with Crippen molar-refractivity contribution in [2.24, 2.45) is 0 Å². The fourth-order valence-electron chi connectivity index (χ4n) is 6.06. The second-order valence-electron chi connectivity index (χ2n) is 10.3. The highest BCUT2D eigenvalue weighted by Crippen LogP contribution is 2.52. The van der Waals surface area contributed by atoms with Gasteiger partial charge in [0, 0.05) is 18.1 Å². The van der Waals surface area contributed by atoms with Gasteiger partial charge < -0.3 is 4.74 Å². The van der Waals surface area contributed by atoms with E-state index in [9.17, 15) is 8.42 Å². The Morgan fingerprint density at radius 3 is 2.21 bits per heavy atom. The van der Waals surface area contributed by atoms with Crippen LogP contribution in [0.15, 0.2) is 60.7 Å². The first-order valence-corrected chi connectivity index (χ1v) is 14.3. The van der Waals surface area contributed by atoms with Crippen LogP contribution in [0, 0.1) is 0 Å². The Balaban J connectivity index is 1.25. The molecule has 3 aliphatic rings. The highest BCUT2D eigenvalue weighted by Gasteiger charge is 2.58. The molecule has 0 bridgehead atoms. The van der Waals surface area contributed by atoms with Crippen molar-refractivity contribution in [3.8, 4) is 0 Å². The summed E-state index contributed by atoms with van der Waals surface area (Å²) in [6, 6.07) is 21.3. The van der Waals surface area contributed by atoms with E-state index in [4.69, 9.17) is 4.74 Å². The van der Waals surface area contributed by atoms with Gasteiger partial charge in [-0.3, -0.25) is 4.90 Å². The first-order chi connectivity index (χ1) is 15.9. The monoisotopic (exact) mass is 468 g/mol. The highest BCUT2D eigenvalue weighted by molar-refractivity contribution is 7.88. The van der Waals surface area contributed by atoms with Gasteiger partial charge in [-0.05, 0) is 62.0 Å². The Hall–Kier alpha value is -1.73. The molecule has 0 radical (unpaired) electrons. The number of nitrogens with zero attached hydrogens (tertiary/aromatic N) is 1. The van der Waals surface area contributed by atoms with Gasteiger partial charge in [-0.1, -0.05) is 60.7 Å². The molecule has 0 unspecified atom stereocenters. The molecule has 0 aromatic heterocycles. The molecule has 178 valence electrons. The molecule has 2 aromatic carbocycles. The lowest BCUT2D eigenvalue weighted by Gasteiger charge is -2.34. The van der Waals surface area contributed by atoms with Crippen LogP contribution in [-0.2, 0) is 21.3 Å². The zero-order chi connectivity index (χ0) is 22.9. The largest absolute Gasteiger partial charge is 0.377 e. The van der Waals surface area contributed by atoms with Crippen LogP contribution in [0.1, 0.15) is 62.0 Å². The van der Waals surface area contributed by atoms with Crippen molar-refractivity contribution < 1.29 is 13.2 Å². The predicted octanol–water partition coefficient (Wildman–Crippen LogP) is 4.45. The van der Waals surface area contributed by atoms with Crippen molar-refractivity contribution in [1.82, 2.24) is 9.62 Å². The molecule has 1 spiro atoms. The molecular weight excluding hydrogens is 432 g/mol. The molecule has 1 saturated heterocycles. The Kier molecular flexibility index (Phi) is 6.62. The van der Waals surface area contributed by atoms with Crippen LogP contribution in [0.2, 0.25) is 0 Å². The van der Waals surface area contributed by atoms with Crippen molar-refractivity contribution in [1.29, 1.82) is 0 Å². The average Bonchev–Trinajstić information content (AvgIpc) is 3.53. The fraction of sp³-hybridized carbons (Fsp3) is 0.556. The van der Waals surface area contributed by atoms with Gasteiger partial charge in [0.25, 0.3) is 0 Å². The van der Waals surface area contributed by atoms with E-state index in [1.807, 2.05) is 6.07 Å². The Labute approximate surface area is 198 Å². The topological polar surface area (TPSA) is 58.6 Å². The van der Waals surface area contributed by atoms with E-state index in [2.05, 4.69) is 64.2 Å². The van der Waals surface area contributed by atoms with Crippen LogP contribution in [0.25, 0.3) is 0 Å². The zero-order valence-electron chi connectivity index (χ0n) is 19.5. The number of ether oxygens (including phenoxy) is 1. The molecule has 3 fully saturated rings. The molecule has 2 saturated carbocycles. The van der Waals surface area contributed by atoms with E-state index < -0.39 is 10.0 Å². The number of rotatable bonds is 8. The molecule has 5 nitrogen and oxygen atoms in total. The summed E-state index contributed by atoms with van der Waals surface area (Å²) in [5, 5.41) is 0. The van der Waals surface area contributed by atoms with Crippen LogP contribution in [0.5, 0.6) is 0 Å². The van der Waals surface area contributed by atoms with Crippen LogP contribution in [0.3, 0.4) is 0 Å². The number of benzene rings is 2. The summed E-state index contributed by atoms with van der Waals surface area (Å²) in [6.45, 7) is 1.43. The number of likely N-dealkylation sites (tertiary alicyclic amines) is 1. The van der Waals surface area contributed by atoms with E-state index in [1.165, 1.54) is 17.4 Å². The molecule has 1 aliphatic heterocycles. The van der Waals surface area contributed by atoms with Crippen molar-refractivity contribution in [3.63, 3.8) is 0 Å². The molecule has 2 aliphatic carbocycles. The van der Waals surface area contributed by atoms with Gasteiger partial charge in [-0.2, -0.15) is 0 Å². The van der Waals surface area contributed by atoms with E-state index in [-0.39, 0.29) is 23.7 Å². The predicted molar refractivity (Wildman–Crippen MR) is 132 cm³/mol. The first kappa shape index (κ1) is 23.0. The van der Waals surface area contributed by atoms with Crippen molar-refractivity contribution in [2.45, 2.75) is 81.1 Å². The third-order valence-corrected chi connectivity index (χ3v) is 8.64. The Morgan fingerprint density at radius 2 is 1.61 bits per heavy atom. The summed E-state index contributed by atoms with van der Waals surface area (Å²) in [7, 11) is -3.27. The van der Waals surface area contributed by atoms with Gasteiger partial charge >= 0.3 is 0 Å². The van der Waals surface area contributed by atoms with Gasteiger partial charge in [0.1, 0.15) is 0 Å². The quantitative estimate of drug-likeness (QED) is 0.622. The van der Waals surface area contributed by atoms with Gasteiger partial charge in [-0.25, -0.2) is 13.1 Å². The molecule has 1 N–H and O–H groups in total. The summed E-state index contributed by atoms with van der Waals surface area (Å²) in [5.41, 5.74) is 2.84. The van der Waals surface area contributed by atoms with Crippen LogP contribution < -0.4 is 4.72 Å². The summed E-state index contributed by atoms with van der Waals surface area (Å²) < 4.78 is 33.7. The molecule has 2 aromatic rings. The second kappa shape index (κ2) is 9.49. The third kappa shape index (κ3) is 5.51. The summed E-state index contributed by atoms with van der Waals surface area (Å²) >= 11 is 0. The fourth-order valence-corrected chi connectivity index (χ4v) is 6.85. The van der Waals surface area contributed by atoms with Crippen LogP contribution in [-0.4, -0.2) is 49.9 Å². The second-order valence-corrected chi connectivity index (χ2v) is 12.1. The maximum absolute atomic E-state index is 12.1. The molecule has 1 heterocycles. The van der Waals surface area contributed by atoms with E-state index in [0.29, 0.717) is 12.5 Å². The lowest BCUT2D eigenvalue weighted by molar-refractivity contribution is -0.0141. The molecule has 33 heavy (non-hydrogen) atoms. The zero-order valence-corrected chi connectivity index (χ0v) is 20.3. The highest BCUT2D eigenvalue weighted by atomic mass is 32.2. The molecule has 2 atom stereocenters. The Morgan fingerprint density at radius 1 is 0.970 bits per heavy atom. The number of hydrogen-bond acceptors (Lipinski definition) is 4. The first-order valence-electron chi connectivity index (χ1n) is 12.4. The van der Waals surface area contributed by atoms with Crippen LogP contribution in [0.4, 0.5) is 0 Å². The van der Waals surface area contributed by atoms with Gasteiger partial charge in [0.05, 0.1) is 25.0 Å². The summed E-state index contributed by atoms with van der Waals surface area (Å²) in [6.07, 6.45) is 9.14. The maximum atomic E-state index is 12.1. The number of hydrogen-bond donors (Lipinski definition) is 1. The van der Waals surface area contributed by atoms with Gasteiger partial charge in [0.2, 0.25) is 10.0 Å². The van der Waals surface area contributed by atoms with Crippen molar-refractivity contribution >= 4 is 10.0 Å². The Bertz CT molecular complexity index is 1020. The molecular formula is C27H36N2O3S. The van der Waals surface area contributed by atoms with Gasteiger partial charge in [0.15, 0.2) is 0 Å². The lowest BCUT2D eigenvalue weighted by Crippen LogP contribution is -2.48. The average molecular weight is 469 g/mol. The minimum atomic E-state index is -3.27. The normalized spacial score (nSPS) is 29.4. The van der Waals surface area contributed by atoms with Crippen LogP contribution >= 0.6 is 0 Å². The maximum Gasteiger partial charge on any atom is 0.209 e. The van der Waals surface area contributed by atoms with Gasteiger partial charge in [-0.15, -0.1) is 0 Å². The van der Waals surface area contributed by atoms with Crippen molar-refractivity contribution in [2.75, 3.05) is 12.9 Å². The molecule has 5 rings (SSSR count). The molecule has 0 amide bonds. The number of sulfonamides is 1. The van der Waals surface area contributed by atoms with Crippen molar-refractivity contribution in [3.05, 3.63) is 71.8 Å². The molecule has 6 heteroatoms. The van der Waals surface area contributed by atoms with E-state index >= 15 is 0 Å². The third-order valence-electron chi connectivity index (χ3n) is 7.91. The van der Waals surface area contributed by atoms with E-state index in [1.54, 1.807) is 0 Å². The standard InChI is InChI=1S/C27H36N2O3S/c1-33(30,31)28-25-18-27(16-17-27)29(19-21-8-4-2-5-9-21)26(25)20-32-24-14-12-23(13-15-24)22-10-6-3-7-11-22/h2-11,23-26,28H,12-20H2,1H3/t23?,24?,25-,26-/m1/s1. The summed E-state index contributed by atoms with van der Waals surface area (Å²) in [5.74, 6) is 0.626. The lowest BCUT2D eigenvalue weighted by atomic mass is 9.83. The minimum absolute atomic E-state index is 0.0641. The van der Waals surface area contributed by atoms with E-state index in [0.717, 1.165) is 51.5 Å². The smallest absolute Gasteiger partial charge is 0.209 e. The summed E-state index contributed by atoms with van der Waals surface area (Å²) in [4.78, 5) is 2.54. The number of nitrogens with one attached hydrogen (secondary N) is 1.